The molecule has 6 heteroatoms. The third-order valence-corrected chi connectivity index (χ3v) is 10.5. The van der Waals surface area contributed by atoms with Gasteiger partial charge < -0.3 is 20.3 Å². The fraction of sp³-hybridized carbons (Fsp3) is 0.760. The van der Waals surface area contributed by atoms with E-state index in [2.05, 4.69) is 44.3 Å². The summed E-state index contributed by atoms with van der Waals surface area (Å²) in [4.78, 5) is 26.0. The standard InChI is InChI=1S/C50H89NO5/c1-4-7-10-13-16-19-22-23-24-25-28-31-34-37-40-43-50(55)56-46(41-38-35-32-29-26-20-17-14-11-8-5-2)44-49(54)51-47(45-52)48(53)42-39-36-33-30-27-21-18-15-12-9-6-3/h7,10,13,16,19,22-25,28,46-48,52-53H,4-6,8-9,11-12,14-15,17-18,20-21,26-27,29-45H2,1-3H3,(H,51,54)/b10-7+,16-13+,22-19-,24-23-,28-25+. The number of aliphatic hydroxyl groups excluding tert-OH is 2. The lowest BCUT2D eigenvalue weighted by Crippen LogP contribution is -2.46. The maximum Gasteiger partial charge on any atom is 0.306 e. The van der Waals surface area contributed by atoms with E-state index in [9.17, 15) is 19.8 Å². The number of ether oxygens (including phenoxy) is 1. The summed E-state index contributed by atoms with van der Waals surface area (Å²) in [5.74, 6) is -0.523. The van der Waals surface area contributed by atoms with Crippen LogP contribution in [0.5, 0.6) is 0 Å². The van der Waals surface area contributed by atoms with Crippen molar-refractivity contribution in [2.75, 3.05) is 6.61 Å². The zero-order valence-corrected chi connectivity index (χ0v) is 36.8. The molecular formula is C50H89NO5. The molecule has 0 aliphatic heterocycles. The summed E-state index contributed by atoms with van der Waals surface area (Å²) in [6.07, 6.45) is 52.7. The van der Waals surface area contributed by atoms with Crippen LogP contribution < -0.4 is 5.32 Å². The molecule has 0 bridgehead atoms. The van der Waals surface area contributed by atoms with Crippen LogP contribution in [0.2, 0.25) is 0 Å². The van der Waals surface area contributed by atoms with Crippen molar-refractivity contribution in [1.82, 2.24) is 5.32 Å². The van der Waals surface area contributed by atoms with Crippen LogP contribution >= 0.6 is 0 Å². The zero-order chi connectivity index (χ0) is 41.0. The normalized spacial score (nSPS) is 13.9. The lowest BCUT2D eigenvalue weighted by molar-refractivity contribution is -0.151. The molecule has 0 aliphatic rings. The van der Waals surface area contributed by atoms with Gasteiger partial charge in [0.15, 0.2) is 0 Å². The largest absolute Gasteiger partial charge is 0.462 e. The van der Waals surface area contributed by atoms with Gasteiger partial charge >= 0.3 is 5.97 Å². The Bertz CT molecular complexity index is 1010. The predicted molar refractivity (Wildman–Crippen MR) is 241 cm³/mol. The van der Waals surface area contributed by atoms with E-state index in [-0.39, 0.29) is 24.9 Å². The van der Waals surface area contributed by atoms with Crippen molar-refractivity contribution >= 4 is 11.9 Å². The lowest BCUT2D eigenvalue weighted by atomic mass is 10.0. The topological polar surface area (TPSA) is 95.9 Å². The average Bonchev–Trinajstić information content (AvgIpc) is 3.19. The molecule has 0 heterocycles. The highest BCUT2D eigenvalue weighted by Gasteiger charge is 2.24. The molecule has 0 aromatic heterocycles. The van der Waals surface area contributed by atoms with E-state index < -0.39 is 18.2 Å². The zero-order valence-electron chi connectivity index (χ0n) is 36.8. The van der Waals surface area contributed by atoms with Gasteiger partial charge in [0, 0.05) is 6.42 Å². The van der Waals surface area contributed by atoms with E-state index in [1.807, 2.05) is 42.5 Å². The Balaban J connectivity index is 4.65. The Morgan fingerprint density at radius 2 is 0.964 bits per heavy atom. The van der Waals surface area contributed by atoms with E-state index in [0.717, 1.165) is 70.6 Å². The number of carbonyl (C=O) groups is 2. The summed E-state index contributed by atoms with van der Waals surface area (Å²) in [5, 5.41) is 23.6. The van der Waals surface area contributed by atoms with E-state index in [1.165, 1.54) is 103 Å². The number of amides is 1. The van der Waals surface area contributed by atoms with Crippen molar-refractivity contribution in [2.45, 2.75) is 238 Å². The summed E-state index contributed by atoms with van der Waals surface area (Å²) < 4.78 is 5.89. The van der Waals surface area contributed by atoms with Gasteiger partial charge in [-0.3, -0.25) is 9.59 Å². The second kappa shape index (κ2) is 43.7. The van der Waals surface area contributed by atoms with Gasteiger partial charge in [-0.15, -0.1) is 0 Å². The van der Waals surface area contributed by atoms with Crippen molar-refractivity contribution < 1.29 is 24.5 Å². The number of allylic oxidation sites excluding steroid dienone is 10. The minimum Gasteiger partial charge on any atom is -0.462 e. The molecule has 324 valence electrons. The highest BCUT2D eigenvalue weighted by Crippen LogP contribution is 2.18. The van der Waals surface area contributed by atoms with Gasteiger partial charge in [-0.1, -0.05) is 223 Å². The third kappa shape index (κ3) is 38.4. The van der Waals surface area contributed by atoms with Crippen molar-refractivity contribution in [2.24, 2.45) is 0 Å². The van der Waals surface area contributed by atoms with Crippen molar-refractivity contribution in [3.63, 3.8) is 0 Å². The van der Waals surface area contributed by atoms with Gasteiger partial charge in [0.25, 0.3) is 0 Å². The Hall–Kier alpha value is -2.44. The summed E-state index contributed by atoms with van der Waals surface area (Å²) in [6, 6.07) is -0.708. The molecule has 6 nitrogen and oxygen atoms in total. The molecule has 3 N–H and O–H groups in total. The smallest absolute Gasteiger partial charge is 0.306 e. The molecule has 3 unspecified atom stereocenters. The highest BCUT2D eigenvalue weighted by molar-refractivity contribution is 5.77. The minimum absolute atomic E-state index is 0.0604. The maximum absolute atomic E-state index is 13.1. The molecule has 0 radical (unpaired) electrons. The van der Waals surface area contributed by atoms with Crippen LogP contribution in [0.1, 0.15) is 220 Å². The molecule has 0 aromatic rings. The molecular weight excluding hydrogens is 695 g/mol. The fourth-order valence-electron chi connectivity index (χ4n) is 6.92. The Kier molecular flexibility index (Phi) is 41.8. The van der Waals surface area contributed by atoms with Crippen LogP contribution in [-0.2, 0) is 14.3 Å². The van der Waals surface area contributed by atoms with E-state index in [0.29, 0.717) is 19.3 Å². The molecule has 0 aromatic carbocycles. The average molecular weight is 784 g/mol. The van der Waals surface area contributed by atoms with E-state index in [4.69, 9.17) is 4.74 Å². The molecule has 0 saturated carbocycles. The molecule has 0 aliphatic carbocycles. The number of esters is 1. The first kappa shape index (κ1) is 53.6. The van der Waals surface area contributed by atoms with Gasteiger partial charge in [0.1, 0.15) is 6.10 Å². The van der Waals surface area contributed by atoms with Crippen LogP contribution in [0, 0.1) is 0 Å². The molecule has 3 atom stereocenters. The van der Waals surface area contributed by atoms with Crippen LogP contribution in [0.25, 0.3) is 0 Å². The molecule has 1 amide bonds. The molecule has 0 fully saturated rings. The fourth-order valence-corrected chi connectivity index (χ4v) is 6.92. The highest BCUT2D eigenvalue weighted by atomic mass is 16.5. The van der Waals surface area contributed by atoms with Gasteiger partial charge in [-0.25, -0.2) is 0 Å². The first-order valence-electron chi connectivity index (χ1n) is 23.6. The maximum atomic E-state index is 13.1. The van der Waals surface area contributed by atoms with Gasteiger partial charge in [0.2, 0.25) is 5.91 Å². The van der Waals surface area contributed by atoms with Gasteiger partial charge in [-0.2, -0.15) is 0 Å². The number of hydrogen-bond donors (Lipinski definition) is 3. The van der Waals surface area contributed by atoms with E-state index in [1.54, 1.807) is 0 Å². The molecule has 0 spiro atoms. The number of aliphatic hydroxyl groups is 2. The SMILES string of the molecule is CC/C=C/C=C/C=C\C=C/C=C/CCCCCC(=O)OC(CCCCCCCCCCCCC)CC(=O)NC(CO)C(O)CCCCCCCCCCCCC. The first-order valence-corrected chi connectivity index (χ1v) is 23.6. The number of hydrogen-bond acceptors (Lipinski definition) is 5. The van der Waals surface area contributed by atoms with E-state index >= 15 is 0 Å². The molecule has 0 rings (SSSR count). The molecule has 0 saturated heterocycles. The predicted octanol–water partition coefficient (Wildman–Crippen LogP) is 13.7. The van der Waals surface area contributed by atoms with Crippen LogP contribution in [0.4, 0.5) is 0 Å². The van der Waals surface area contributed by atoms with Crippen LogP contribution in [0.15, 0.2) is 60.8 Å². The summed E-state index contributed by atoms with van der Waals surface area (Å²) in [5.41, 5.74) is 0. The quantitative estimate of drug-likeness (QED) is 0.0326. The Morgan fingerprint density at radius 3 is 1.45 bits per heavy atom. The monoisotopic (exact) mass is 784 g/mol. The van der Waals surface area contributed by atoms with Crippen molar-refractivity contribution in [3.05, 3.63) is 60.8 Å². The minimum atomic E-state index is -0.793. The number of carbonyl (C=O) groups excluding carboxylic acids is 2. The third-order valence-electron chi connectivity index (χ3n) is 10.5. The number of rotatable bonds is 41. The molecule has 56 heavy (non-hydrogen) atoms. The second-order valence-electron chi connectivity index (χ2n) is 15.9. The van der Waals surface area contributed by atoms with Gasteiger partial charge in [0.05, 0.1) is 25.2 Å². The lowest BCUT2D eigenvalue weighted by Gasteiger charge is -2.24. The number of unbranched alkanes of at least 4 members (excludes halogenated alkanes) is 23. The Labute approximate surface area is 346 Å². The summed E-state index contributed by atoms with van der Waals surface area (Å²) >= 11 is 0. The first-order chi connectivity index (χ1) is 27.5. The van der Waals surface area contributed by atoms with Crippen LogP contribution in [-0.4, -0.2) is 46.9 Å². The summed E-state index contributed by atoms with van der Waals surface area (Å²) in [6.45, 7) is 6.31. The van der Waals surface area contributed by atoms with Crippen LogP contribution in [0.3, 0.4) is 0 Å². The number of nitrogens with one attached hydrogen (secondary N) is 1. The summed E-state index contributed by atoms with van der Waals surface area (Å²) in [7, 11) is 0. The van der Waals surface area contributed by atoms with Crippen molar-refractivity contribution in [1.29, 1.82) is 0 Å². The van der Waals surface area contributed by atoms with Crippen molar-refractivity contribution in [3.8, 4) is 0 Å². The second-order valence-corrected chi connectivity index (χ2v) is 15.9. The Morgan fingerprint density at radius 1 is 0.536 bits per heavy atom. The van der Waals surface area contributed by atoms with Gasteiger partial charge in [-0.05, 0) is 44.9 Å².